The van der Waals surface area contributed by atoms with Crippen LogP contribution in [0, 0.1) is 0 Å². The van der Waals surface area contributed by atoms with Crippen molar-refractivity contribution in [1.29, 1.82) is 0 Å². The number of aryl methyl sites for hydroxylation is 1. The molecule has 0 bridgehead atoms. The van der Waals surface area contributed by atoms with Crippen LogP contribution in [0.25, 0.3) is 0 Å². The second-order valence-electron chi connectivity index (χ2n) is 5.69. The van der Waals surface area contributed by atoms with E-state index >= 15 is 0 Å². The molecule has 2 saturated heterocycles. The summed E-state index contributed by atoms with van der Waals surface area (Å²) in [6, 6.07) is 4.36. The molecule has 2 aliphatic heterocycles. The Bertz CT molecular complexity index is 799. The molecule has 1 atom stereocenters. The zero-order valence-electron chi connectivity index (χ0n) is 12.5. The highest BCUT2D eigenvalue weighted by atomic mass is 35.5. The van der Waals surface area contributed by atoms with E-state index in [1.165, 1.54) is 4.90 Å². The first kappa shape index (κ1) is 17.5. The van der Waals surface area contributed by atoms with Gasteiger partial charge < -0.3 is 4.90 Å². The van der Waals surface area contributed by atoms with E-state index in [2.05, 4.69) is 0 Å². The topological polar surface area (TPSA) is 86.8 Å². The Balaban J connectivity index is 1.60. The lowest BCUT2D eigenvalue weighted by molar-refractivity contribution is -0.134. The normalized spacial score (nSPS) is 23.0. The molecule has 7 nitrogen and oxygen atoms in total. The van der Waals surface area contributed by atoms with Crippen LogP contribution in [-0.2, 0) is 26.2 Å². The van der Waals surface area contributed by atoms with Crippen molar-refractivity contribution in [3.63, 3.8) is 0 Å². The molecule has 2 aliphatic rings. The maximum absolute atomic E-state index is 12.3. The fourth-order valence-electron chi connectivity index (χ4n) is 2.85. The maximum atomic E-state index is 12.3. The summed E-state index contributed by atoms with van der Waals surface area (Å²) < 4.78 is 26.5. The van der Waals surface area contributed by atoms with E-state index in [9.17, 15) is 18.0 Å². The van der Waals surface area contributed by atoms with Crippen LogP contribution in [0.5, 0.6) is 0 Å². The molecular weight excluding hydrogens is 377 g/mol. The van der Waals surface area contributed by atoms with Gasteiger partial charge in [-0.15, -0.1) is 0 Å². The van der Waals surface area contributed by atoms with Gasteiger partial charge in [-0.3, -0.25) is 9.59 Å². The van der Waals surface area contributed by atoms with Crippen LogP contribution in [0.2, 0.25) is 10.0 Å². The van der Waals surface area contributed by atoms with Gasteiger partial charge in [0.15, 0.2) is 0 Å². The lowest BCUT2D eigenvalue weighted by Crippen LogP contribution is -2.54. The Hall–Kier alpha value is -1.35. The number of benzene rings is 1. The predicted octanol–water partition coefficient (Wildman–Crippen LogP) is 0.813. The van der Waals surface area contributed by atoms with Gasteiger partial charge in [-0.1, -0.05) is 29.3 Å². The molecule has 0 saturated carbocycles. The Kier molecular flexibility index (Phi) is 4.74. The van der Waals surface area contributed by atoms with Gasteiger partial charge in [-0.25, -0.2) is 4.72 Å². The van der Waals surface area contributed by atoms with Crippen molar-refractivity contribution in [3.8, 4) is 0 Å². The largest absolute Gasteiger partial charge is 0.339 e. The van der Waals surface area contributed by atoms with Crippen molar-refractivity contribution < 1.29 is 18.0 Å². The number of fused-ring (bicyclic) bond motifs is 1. The van der Waals surface area contributed by atoms with Gasteiger partial charge in [-0.05, 0) is 24.1 Å². The molecular formula is C14H15Cl2N3O4S. The second-order valence-corrected chi connectivity index (χ2v) is 8.12. The van der Waals surface area contributed by atoms with Crippen molar-refractivity contribution in [2.45, 2.75) is 18.9 Å². The average Bonchev–Trinajstić information content (AvgIpc) is 2.77. The summed E-state index contributed by atoms with van der Waals surface area (Å²) in [6.45, 7) is 0.459. The maximum Gasteiger partial charge on any atom is 0.304 e. The van der Waals surface area contributed by atoms with Crippen molar-refractivity contribution in [2.24, 2.45) is 0 Å². The minimum absolute atomic E-state index is 0.0747. The summed E-state index contributed by atoms with van der Waals surface area (Å²) in [5.74, 6) is -0.713. The van der Waals surface area contributed by atoms with Crippen LogP contribution in [0.15, 0.2) is 18.2 Å². The van der Waals surface area contributed by atoms with Crippen LogP contribution in [0.3, 0.4) is 0 Å². The van der Waals surface area contributed by atoms with Gasteiger partial charge in [-0.2, -0.15) is 12.7 Å². The molecule has 1 unspecified atom stereocenters. The summed E-state index contributed by atoms with van der Waals surface area (Å²) >= 11 is 11.8. The van der Waals surface area contributed by atoms with Gasteiger partial charge in [0.25, 0.3) is 5.91 Å². The number of carbonyl (C=O) groups excluding carboxylic acids is 2. The highest BCUT2D eigenvalue weighted by Gasteiger charge is 2.47. The number of nitrogens with zero attached hydrogens (tertiary/aromatic N) is 2. The van der Waals surface area contributed by atoms with Crippen molar-refractivity contribution >= 4 is 45.2 Å². The zero-order valence-corrected chi connectivity index (χ0v) is 14.9. The van der Waals surface area contributed by atoms with Gasteiger partial charge in [0.05, 0.1) is 10.0 Å². The van der Waals surface area contributed by atoms with Crippen LogP contribution < -0.4 is 4.72 Å². The van der Waals surface area contributed by atoms with Crippen molar-refractivity contribution in [1.82, 2.24) is 13.9 Å². The third-order valence-electron chi connectivity index (χ3n) is 4.14. The van der Waals surface area contributed by atoms with Gasteiger partial charge in [0.2, 0.25) is 5.91 Å². The molecule has 2 heterocycles. The highest BCUT2D eigenvalue weighted by Crippen LogP contribution is 2.24. The molecule has 0 aliphatic carbocycles. The lowest BCUT2D eigenvalue weighted by Gasteiger charge is -2.34. The number of piperazine rings is 1. The van der Waals surface area contributed by atoms with E-state index in [-0.39, 0.29) is 32.0 Å². The standard InChI is InChI=1S/C14H15Cl2N3O4S/c15-10-3-1-9(7-11(10)16)2-4-13(20)18-5-6-19-12(8-18)14(21)17-24(19,22)23/h1,3,7,12H,2,4-6,8H2,(H,17,21). The Labute approximate surface area is 149 Å². The molecule has 1 aromatic rings. The SMILES string of the molecule is O=C1NS(=O)(=O)N2CCN(C(=O)CCc3ccc(Cl)c(Cl)c3)CC12. The fourth-order valence-corrected chi connectivity index (χ4v) is 4.50. The number of halogens is 2. The molecule has 1 aromatic carbocycles. The van der Waals surface area contributed by atoms with Gasteiger partial charge >= 0.3 is 10.2 Å². The second kappa shape index (κ2) is 6.51. The number of hydrogen-bond donors (Lipinski definition) is 1. The summed E-state index contributed by atoms with van der Waals surface area (Å²) in [6.07, 6.45) is 0.740. The van der Waals surface area contributed by atoms with Crippen LogP contribution in [0.1, 0.15) is 12.0 Å². The molecule has 10 heteroatoms. The summed E-state index contributed by atoms with van der Waals surface area (Å²) in [5.41, 5.74) is 0.887. The van der Waals surface area contributed by atoms with E-state index in [1.807, 2.05) is 4.72 Å². The van der Waals surface area contributed by atoms with Gasteiger partial charge in [0.1, 0.15) is 6.04 Å². The molecule has 2 fully saturated rings. The number of rotatable bonds is 3. The molecule has 1 N–H and O–H groups in total. The quantitative estimate of drug-likeness (QED) is 0.825. The molecule has 24 heavy (non-hydrogen) atoms. The third kappa shape index (κ3) is 3.37. The number of nitrogens with one attached hydrogen (secondary N) is 1. The van der Waals surface area contributed by atoms with E-state index in [1.54, 1.807) is 18.2 Å². The van der Waals surface area contributed by atoms with Crippen LogP contribution in [0.4, 0.5) is 0 Å². The Morgan fingerprint density at radius 1 is 1.25 bits per heavy atom. The molecule has 0 aromatic heterocycles. The smallest absolute Gasteiger partial charge is 0.304 e. The number of hydrogen-bond acceptors (Lipinski definition) is 4. The molecule has 2 amide bonds. The molecule has 0 spiro atoms. The van der Waals surface area contributed by atoms with E-state index in [0.29, 0.717) is 16.5 Å². The molecule has 3 rings (SSSR count). The van der Waals surface area contributed by atoms with Gasteiger partial charge in [0, 0.05) is 26.1 Å². The number of carbonyl (C=O) groups is 2. The third-order valence-corrected chi connectivity index (χ3v) is 6.39. The first-order valence-corrected chi connectivity index (χ1v) is 9.52. The van der Waals surface area contributed by atoms with E-state index < -0.39 is 22.2 Å². The summed E-state index contributed by atoms with van der Waals surface area (Å²) in [4.78, 5) is 25.6. The average molecular weight is 392 g/mol. The fraction of sp³-hybridized carbons (Fsp3) is 0.429. The van der Waals surface area contributed by atoms with Crippen molar-refractivity contribution in [2.75, 3.05) is 19.6 Å². The minimum Gasteiger partial charge on any atom is -0.339 e. The first-order chi connectivity index (χ1) is 11.3. The van der Waals surface area contributed by atoms with E-state index in [0.717, 1.165) is 9.87 Å². The predicted molar refractivity (Wildman–Crippen MR) is 88.9 cm³/mol. The Morgan fingerprint density at radius 2 is 2.00 bits per heavy atom. The first-order valence-electron chi connectivity index (χ1n) is 7.33. The summed E-state index contributed by atoms with van der Waals surface area (Å²) in [5, 5.41) is 0.888. The summed E-state index contributed by atoms with van der Waals surface area (Å²) in [7, 11) is -3.74. The van der Waals surface area contributed by atoms with Crippen LogP contribution in [-0.4, -0.2) is 55.1 Å². The van der Waals surface area contributed by atoms with E-state index in [4.69, 9.17) is 23.2 Å². The van der Waals surface area contributed by atoms with Crippen LogP contribution >= 0.6 is 23.2 Å². The molecule has 0 radical (unpaired) electrons. The van der Waals surface area contributed by atoms with Crippen molar-refractivity contribution in [3.05, 3.63) is 33.8 Å². The number of amides is 2. The Morgan fingerprint density at radius 3 is 2.71 bits per heavy atom. The monoisotopic (exact) mass is 391 g/mol. The molecule has 130 valence electrons. The lowest BCUT2D eigenvalue weighted by atomic mass is 10.1. The highest BCUT2D eigenvalue weighted by molar-refractivity contribution is 7.88. The zero-order chi connectivity index (χ0) is 17.5. The minimum atomic E-state index is -3.74.